The van der Waals surface area contributed by atoms with Gasteiger partial charge in [0.25, 0.3) is 0 Å². The highest BCUT2D eigenvalue weighted by molar-refractivity contribution is 5.78. The van der Waals surface area contributed by atoms with Gasteiger partial charge in [0.1, 0.15) is 0 Å². The van der Waals surface area contributed by atoms with Crippen LogP contribution >= 0.6 is 0 Å². The number of hydrogen-bond acceptors (Lipinski definition) is 3. The molecular weight excluding hydrogens is 132 g/mol. The lowest BCUT2D eigenvalue weighted by Gasteiger charge is -2.15. The maximum absolute atomic E-state index is 11.0. The van der Waals surface area contributed by atoms with Crippen molar-refractivity contribution in [2.45, 2.75) is 19.8 Å². The smallest absolute Gasteiger partial charge is 0.312 e. The molecule has 0 spiro atoms. The molecule has 0 aliphatic carbocycles. The van der Waals surface area contributed by atoms with E-state index in [0.29, 0.717) is 13.0 Å². The highest BCUT2D eigenvalue weighted by atomic mass is 16.5. The van der Waals surface area contributed by atoms with Gasteiger partial charge in [-0.15, -0.1) is 0 Å². The first kappa shape index (κ1) is 7.54. The fourth-order valence-corrected chi connectivity index (χ4v) is 1.12. The second-order valence-corrected chi connectivity index (χ2v) is 2.92. The van der Waals surface area contributed by atoms with E-state index in [0.717, 1.165) is 6.42 Å². The molecular formula is C7H12O3. The minimum absolute atomic E-state index is 0.0611. The highest BCUT2D eigenvalue weighted by Crippen LogP contribution is 2.32. The van der Waals surface area contributed by atoms with Gasteiger partial charge in [-0.05, 0) is 19.8 Å². The Morgan fingerprint density at radius 1 is 1.80 bits per heavy atom. The van der Waals surface area contributed by atoms with Gasteiger partial charge >= 0.3 is 5.97 Å². The van der Waals surface area contributed by atoms with Crippen LogP contribution in [0.3, 0.4) is 0 Å². The van der Waals surface area contributed by atoms with E-state index >= 15 is 0 Å². The summed E-state index contributed by atoms with van der Waals surface area (Å²) in [6, 6.07) is 0. The van der Waals surface area contributed by atoms with E-state index in [2.05, 4.69) is 0 Å². The Balaban J connectivity index is 2.57. The van der Waals surface area contributed by atoms with Gasteiger partial charge in [-0.2, -0.15) is 0 Å². The van der Waals surface area contributed by atoms with Crippen molar-refractivity contribution in [1.82, 2.24) is 0 Å². The monoisotopic (exact) mass is 144 g/mol. The number of ether oxygens (including phenoxy) is 1. The number of hydrogen-bond donors (Lipinski definition) is 1. The summed E-state index contributed by atoms with van der Waals surface area (Å²) in [5.41, 5.74) is -0.408. The summed E-state index contributed by atoms with van der Waals surface area (Å²) in [5, 5.41) is 8.60. The molecule has 0 aromatic rings. The molecule has 1 N–H and O–H groups in total. The van der Waals surface area contributed by atoms with Crippen LogP contribution in [0, 0.1) is 5.41 Å². The van der Waals surface area contributed by atoms with Crippen LogP contribution in [0.25, 0.3) is 0 Å². The first-order chi connectivity index (χ1) is 4.69. The number of carbonyl (C=O) groups is 1. The van der Waals surface area contributed by atoms with Gasteiger partial charge in [0.05, 0.1) is 12.0 Å². The van der Waals surface area contributed by atoms with Crippen LogP contribution in [0.5, 0.6) is 0 Å². The molecule has 3 nitrogen and oxygen atoms in total. The molecule has 1 saturated heterocycles. The minimum Gasteiger partial charge on any atom is -0.465 e. The third kappa shape index (κ3) is 1.14. The van der Waals surface area contributed by atoms with Crippen molar-refractivity contribution in [3.8, 4) is 0 Å². The molecule has 0 amide bonds. The SMILES string of the molecule is C[C@]1(CCO)CCOC1=O. The van der Waals surface area contributed by atoms with Gasteiger partial charge in [0.15, 0.2) is 0 Å². The minimum atomic E-state index is -0.408. The molecule has 0 bridgehead atoms. The third-order valence-electron chi connectivity index (χ3n) is 2.04. The molecule has 0 radical (unpaired) electrons. The van der Waals surface area contributed by atoms with Gasteiger partial charge in [-0.25, -0.2) is 0 Å². The Bertz CT molecular complexity index is 144. The molecule has 10 heavy (non-hydrogen) atoms. The van der Waals surface area contributed by atoms with Crippen molar-refractivity contribution < 1.29 is 14.6 Å². The molecule has 0 aromatic heterocycles. The van der Waals surface area contributed by atoms with Crippen molar-refractivity contribution in [2.75, 3.05) is 13.2 Å². The molecule has 1 heterocycles. The molecule has 58 valence electrons. The van der Waals surface area contributed by atoms with Gasteiger partial charge in [0, 0.05) is 6.61 Å². The summed E-state index contributed by atoms with van der Waals surface area (Å²) in [5.74, 6) is -0.165. The number of rotatable bonds is 2. The second kappa shape index (κ2) is 2.58. The van der Waals surface area contributed by atoms with Crippen LogP contribution in [0.2, 0.25) is 0 Å². The van der Waals surface area contributed by atoms with Crippen LogP contribution < -0.4 is 0 Å². The molecule has 1 fully saturated rings. The Morgan fingerprint density at radius 2 is 2.50 bits per heavy atom. The molecule has 0 unspecified atom stereocenters. The van der Waals surface area contributed by atoms with E-state index in [4.69, 9.17) is 9.84 Å². The van der Waals surface area contributed by atoms with Crippen LogP contribution in [0.4, 0.5) is 0 Å². The van der Waals surface area contributed by atoms with Gasteiger partial charge in [-0.3, -0.25) is 4.79 Å². The zero-order valence-corrected chi connectivity index (χ0v) is 6.09. The average Bonchev–Trinajstić information content (AvgIpc) is 2.15. The Morgan fingerprint density at radius 3 is 2.90 bits per heavy atom. The van der Waals surface area contributed by atoms with Gasteiger partial charge in [-0.1, -0.05) is 0 Å². The van der Waals surface area contributed by atoms with Crippen molar-refractivity contribution in [2.24, 2.45) is 5.41 Å². The van der Waals surface area contributed by atoms with Crippen LogP contribution in [0.15, 0.2) is 0 Å². The average molecular weight is 144 g/mol. The third-order valence-corrected chi connectivity index (χ3v) is 2.04. The first-order valence-corrected chi connectivity index (χ1v) is 3.47. The Hall–Kier alpha value is -0.570. The zero-order chi connectivity index (χ0) is 7.61. The van der Waals surface area contributed by atoms with E-state index in [1.807, 2.05) is 6.92 Å². The Labute approximate surface area is 60.0 Å². The maximum atomic E-state index is 11.0. The van der Waals surface area contributed by atoms with Crippen molar-refractivity contribution >= 4 is 5.97 Å². The van der Waals surface area contributed by atoms with Crippen molar-refractivity contribution in [3.63, 3.8) is 0 Å². The van der Waals surface area contributed by atoms with Crippen LogP contribution in [-0.2, 0) is 9.53 Å². The van der Waals surface area contributed by atoms with Crippen LogP contribution in [0.1, 0.15) is 19.8 Å². The molecule has 0 aromatic carbocycles. The lowest BCUT2D eigenvalue weighted by Crippen LogP contribution is -2.23. The van der Waals surface area contributed by atoms with E-state index in [9.17, 15) is 4.79 Å². The molecule has 0 saturated carbocycles. The standard InChI is InChI=1S/C7H12O3/c1-7(2-4-8)3-5-10-6(7)9/h8H,2-5H2,1H3/t7-/m0/s1. The maximum Gasteiger partial charge on any atom is 0.312 e. The lowest BCUT2D eigenvalue weighted by molar-refractivity contribution is -0.146. The quantitative estimate of drug-likeness (QED) is 0.568. The number of aliphatic hydroxyl groups excluding tert-OH is 1. The van der Waals surface area contributed by atoms with E-state index < -0.39 is 5.41 Å². The predicted octanol–water partition coefficient (Wildman–Crippen LogP) is 0.322. The molecule has 1 rings (SSSR count). The summed E-state index contributed by atoms with van der Waals surface area (Å²) < 4.78 is 4.77. The molecule has 3 heteroatoms. The molecule has 1 atom stereocenters. The largest absolute Gasteiger partial charge is 0.465 e. The normalized spacial score (nSPS) is 32.4. The lowest BCUT2D eigenvalue weighted by atomic mass is 9.86. The zero-order valence-electron chi connectivity index (χ0n) is 6.09. The van der Waals surface area contributed by atoms with Gasteiger partial charge in [0.2, 0.25) is 0 Å². The topological polar surface area (TPSA) is 46.5 Å². The van der Waals surface area contributed by atoms with E-state index in [1.165, 1.54) is 0 Å². The summed E-state index contributed by atoms with van der Waals surface area (Å²) in [6.45, 7) is 2.40. The first-order valence-electron chi connectivity index (χ1n) is 3.47. The summed E-state index contributed by atoms with van der Waals surface area (Å²) >= 11 is 0. The van der Waals surface area contributed by atoms with Gasteiger partial charge < -0.3 is 9.84 Å². The van der Waals surface area contributed by atoms with E-state index in [-0.39, 0.29) is 12.6 Å². The number of cyclic esters (lactones) is 1. The number of carbonyl (C=O) groups excluding carboxylic acids is 1. The molecule has 1 aliphatic heterocycles. The van der Waals surface area contributed by atoms with Crippen molar-refractivity contribution in [3.05, 3.63) is 0 Å². The fourth-order valence-electron chi connectivity index (χ4n) is 1.12. The summed E-state index contributed by atoms with van der Waals surface area (Å²) in [4.78, 5) is 11.0. The van der Waals surface area contributed by atoms with Crippen molar-refractivity contribution in [1.29, 1.82) is 0 Å². The predicted molar refractivity (Wildman–Crippen MR) is 35.4 cm³/mol. The van der Waals surface area contributed by atoms with E-state index in [1.54, 1.807) is 0 Å². The fraction of sp³-hybridized carbons (Fsp3) is 0.857. The summed E-state index contributed by atoms with van der Waals surface area (Å²) in [7, 11) is 0. The summed E-state index contributed by atoms with van der Waals surface area (Å²) in [6.07, 6.45) is 1.26. The van der Waals surface area contributed by atoms with Crippen LogP contribution in [-0.4, -0.2) is 24.3 Å². The Kier molecular flexibility index (Phi) is 1.94. The highest BCUT2D eigenvalue weighted by Gasteiger charge is 2.38. The number of aliphatic hydroxyl groups is 1. The molecule has 1 aliphatic rings. The second-order valence-electron chi connectivity index (χ2n) is 2.92. The number of esters is 1.